The molecule has 564 valence electrons. The van der Waals surface area contributed by atoms with Crippen molar-refractivity contribution in [2.24, 2.45) is 0 Å². The lowest BCUT2D eigenvalue weighted by Gasteiger charge is -2.34. The fraction of sp³-hybridized carbons (Fsp3) is 0.667. The lowest BCUT2D eigenvalue weighted by Crippen LogP contribution is -2.45. The second kappa shape index (κ2) is 30.9. The van der Waals surface area contributed by atoms with Crippen molar-refractivity contribution in [3.05, 3.63) is 19.0 Å². The molecule has 12 rings (SSSR count). The Bertz CT molecular complexity index is 3760. The molecule has 6 aliphatic heterocycles. The average molecular weight is 1510 g/mol. The number of phosphoric acid groups is 3. The van der Waals surface area contributed by atoms with Gasteiger partial charge in [-0.25, -0.2) is 56.2 Å². The molecule has 1 unspecified atom stereocenters. The van der Waals surface area contributed by atoms with Crippen LogP contribution in [-0.4, -0.2) is 229 Å². The van der Waals surface area contributed by atoms with Gasteiger partial charge in [-0.2, -0.15) is 29.9 Å². The van der Waals surface area contributed by atoms with Crippen molar-refractivity contribution in [1.82, 2.24) is 74.5 Å². The number of hydrogen-bond donors (Lipinski definition) is 6. The summed E-state index contributed by atoms with van der Waals surface area (Å²) in [5.41, 5.74) is 12.2. The predicted octanol–water partition coefficient (Wildman–Crippen LogP) is 5.15. The number of alkyl carbamates (subject to hydrolysis) is 3. The van der Waals surface area contributed by atoms with Crippen LogP contribution in [0.25, 0.3) is 33.5 Å². The van der Waals surface area contributed by atoms with E-state index in [0.717, 1.165) is 0 Å². The number of nitrogens with two attached hydrogens (primary N) is 3. The number of nitrogen functional groups attached to an aromatic ring is 3. The van der Waals surface area contributed by atoms with E-state index in [1.165, 1.54) is 74.8 Å². The van der Waals surface area contributed by atoms with Crippen LogP contribution in [0.1, 0.15) is 81.0 Å². The van der Waals surface area contributed by atoms with E-state index >= 15 is 13.2 Å². The van der Waals surface area contributed by atoms with Gasteiger partial charge in [-0.05, 0) is 62.3 Å². The molecule has 0 aromatic carbocycles. The number of methoxy groups -OCH3 is 3. The minimum absolute atomic E-state index is 0.0826. The topological polar surface area (TPSA) is 514 Å². The van der Waals surface area contributed by atoms with Gasteiger partial charge in [0.05, 0.1) is 118 Å². The summed E-state index contributed by atoms with van der Waals surface area (Å²) < 4.78 is 187. The van der Waals surface area contributed by atoms with E-state index in [0.29, 0.717) is 19.8 Å². The van der Waals surface area contributed by atoms with E-state index in [-0.39, 0.29) is 109 Å². The highest BCUT2D eigenvalue weighted by Crippen LogP contribution is 2.63. The quantitative estimate of drug-likeness (QED) is 0.0400. The van der Waals surface area contributed by atoms with Crippen molar-refractivity contribution in [2.75, 3.05) is 98.0 Å². The largest absolute Gasteiger partial charge is 0.476 e. The highest BCUT2D eigenvalue weighted by molar-refractivity contribution is 7.49. The van der Waals surface area contributed by atoms with Crippen LogP contribution >= 0.6 is 23.5 Å². The van der Waals surface area contributed by atoms with Crippen molar-refractivity contribution in [1.29, 1.82) is 0 Å². The Morgan fingerprint density at radius 3 is 0.990 bits per heavy atom. The van der Waals surface area contributed by atoms with E-state index in [9.17, 15) is 28.1 Å². The summed E-state index contributed by atoms with van der Waals surface area (Å²) >= 11 is 0. The molecule has 6 saturated heterocycles. The number of nitrogens with one attached hydrogen (secondary N) is 3. The van der Waals surface area contributed by atoms with Gasteiger partial charge in [-0.1, -0.05) is 0 Å². The molecule has 3 amide bonds. The summed E-state index contributed by atoms with van der Waals surface area (Å²) in [4.78, 5) is 71.1. The third kappa shape index (κ3) is 16.3. The molecule has 18 atom stereocenters. The van der Waals surface area contributed by atoms with E-state index in [1.807, 2.05) is 0 Å². The van der Waals surface area contributed by atoms with Crippen LogP contribution in [0, 0.1) is 0 Å². The molecule has 0 saturated carbocycles. The second-order valence-electron chi connectivity index (χ2n) is 23.8. The first-order valence-corrected chi connectivity index (χ1v) is 35.8. The lowest BCUT2D eigenvalue weighted by atomic mass is 9.98. The normalized spacial score (nSPS) is 31.7. The number of alkyl halides is 3. The first-order chi connectivity index (χ1) is 48.2. The van der Waals surface area contributed by atoms with Gasteiger partial charge in [-0.3, -0.25) is 54.4 Å². The number of anilines is 3. The SMILES string of the molecule is CCOc1nc(N)nc2c1ncn2[C@@H]1O[C@@H]2COP(=O)(OC[C@H](C)NC(=O)OC)O[C@H]2[C@@]1(C)F.CCOc1nc(N)nc2c1ncn2[C@@H]1O[C@@H]2CO[P@@](=O)(OC[C@H](C)NC(=O)OC)O[C@H]2[C@@]1(C)F.CCOc1nc(N)nc2c1ncn2[C@@H]1O[C@@H]2CO[P@](=O)(OC[C@H](C)NC(=O)OC)O[C@H]2[C@@]1(C)F. The number of hydrogen-bond acceptors (Lipinski definition) is 36. The number of phosphoric ester groups is 3. The van der Waals surface area contributed by atoms with Gasteiger partial charge in [0.1, 0.15) is 36.6 Å². The number of aromatic nitrogens is 12. The second-order valence-corrected chi connectivity index (χ2v) is 28.6. The lowest BCUT2D eigenvalue weighted by molar-refractivity contribution is -0.0711. The maximum Gasteiger partial charge on any atom is 0.475 e. The minimum atomic E-state index is -4.15. The van der Waals surface area contributed by atoms with Crippen molar-refractivity contribution < 1.29 is 125 Å². The summed E-state index contributed by atoms with van der Waals surface area (Å²) in [6.07, 6.45) is -8.37. The molecule has 0 bridgehead atoms. The molecule has 9 N–H and O–H groups in total. The Morgan fingerprint density at radius 1 is 0.500 bits per heavy atom. The molecule has 6 fully saturated rings. The Kier molecular flexibility index (Phi) is 23.3. The predicted molar refractivity (Wildman–Crippen MR) is 341 cm³/mol. The number of fused-ring (bicyclic) bond motifs is 6. The smallest absolute Gasteiger partial charge is 0.475 e. The molecular weight excluding hydrogens is 1430 g/mol. The Balaban J connectivity index is 0.000000165. The number of carbonyl (C=O) groups excluding carboxylic acids is 3. The fourth-order valence-corrected chi connectivity index (χ4v) is 15.9. The highest BCUT2D eigenvalue weighted by Gasteiger charge is 2.65. The molecule has 0 spiro atoms. The molecule has 0 aliphatic carbocycles. The molecule has 42 nitrogen and oxygen atoms in total. The first kappa shape index (κ1) is 76.9. The van der Waals surface area contributed by atoms with E-state index in [4.69, 9.17) is 86.3 Å². The van der Waals surface area contributed by atoms with Gasteiger partial charge >= 0.3 is 41.7 Å². The molecule has 48 heteroatoms. The van der Waals surface area contributed by atoms with Gasteiger partial charge in [0.2, 0.25) is 35.5 Å². The fourth-order valence-electron chi connectivity index (χ4n) is 11.2. The average Bonchev–Trinajstić information content (AvgIpc) is 1.59. The summed E-state index contributed by atoms with van der Waals surface area (Å²) in [5.74, 6) is 0.230. The van der Waals surface area contributed by atoms with Gasteiger partial charge in [0, 0.05) is 0 Å². The van der Waals surface area contributed by atoms with Crippen LogP contribution in [0.4, 0.5) is 45.4 Å². The number of ether oxygens (including phenoxy) is 9. The number of halogens is 3. The summed E-state index contributed by atoms with van der Waals surface area (Å²) in [7, 11) is -8.82. The van der Waals surface area contributed by atoms with Gasteiger partial charge < -0.3 is 75.8 Å². The van der Waals surface area contributed by atoms with Crippen molar-refractivity contribution in [3.8, 4) is 17.6 Å². The Labute approximate surface area is 577 Å². The van der Waals surface area contributed by atoms with E-state index < -0.39 is 132 Å². The third-order valence-electron chi connectivity index (χ3n) is 15.9. The maximum atomic E-state index is 16.1. The molecule has 0 radical (unpaired) electrons. The van der Waals surface area contributed by atoms with Gasteiger partial charge in [0.15, 0.2) is 69.2 Å². The van der Waals surface area contributed by atoms with E-state index in [2.05, 4.69) is 75.0 Å². The van der Waals surface area contributed by atoms with Crippen LogP contribution in [0.15, 0.2) is 19.0 Å². The van der Waals surface area contributed by atoms with Crippen LogP contribution in [-0.2, 0) is 82.8 Å². The number of amides is 3. The van der Waals surface area contributed by atoms with Crippen LogP contribution in [0.3, 0.4) is 0 Å². The standard InChI is InChI=1S/3C18H26FN6O8P/c3*1-5-29-14-11-13(23-16(20)24-14)25(8-21-11)15-18(3,19)12-10(32-15)7-31-34(27,33-12)30-6-9(2)22-17(26)28-4/h3*8-10,12,15H,5-7H2,1-4H3,(H,22,26)(H2,20,23,24)/t9-,10+,12+,15+,18+,34?;9-,10+,12+,15+,18+,34+;9-,10+,12+,15+,18+,34-/m000/s1. The molecular formula is C54H78F3N18O24P3. The summed E-state index contributed by atoms with van der Waals surface area (Å²) in [6.45, 7) is 13.4. The number of carbonyl (C=O) groups is 3. The van der Waals surface area contributed by atoms with Crippen LogP contribution in [0.2, 0.25) is 0 Å². The van der Waals surface area contributed by atoms with Crippen molar-refractivity contribution >= 4 is 93.1 Å². The molecule has 6 aromatic heterocycles. The molecule has 6 aliphatic rings. The monoisotopic (exact) mass is 1510 g/mol. The summed E-state index contributed by atoms with van der Waals surface area (Å²) in [6, 6.07) is -1.72. The Hall–Kier alpha value is -7.74. The number of rotatable bonds is 21. The number of nitrogens with zero attached hydrogens (tertiary/aromatic N) is 12. The zero-order valence-electron chi connectivity index (χ0n) is 56.9. The zero-order chi connectivity index (χ0) is 74.0. The molecule has 102 heavy (non-hydrogen) atoms. The van der Waals surface area contributed by atoms with Crippen LogP contribution < -0.4 is 47.4 Å². The first-order valence-electron chi connectivity index (χ1n) is 31.4. The van der Waals surface area contributed by atoms with Gasteiger partial charge in [-0.15, -0.1) is 0 Å². The third-order valence-corrected chi connectivity index (χ3v) is 20.1. The minimum Gasteiger partial charge on any atom is -0.476 e. The zero-order valence-corrected chi connectivity index (χ0v) is 59.6. The van der Waals surface area contributed by atoms with Crippen LogP contribution in [0.5, 0.6) is 17.6 Å². The summed E-state index contributed by atoms with van der Waals surface area (Å²) in [5, 5.41) is 7.35. The van der Waals surface area contributed by atoms with Gasteiger partial charge in [0.25, 0.3) is 0 Å². The number of imidazole rings is 3. The van der Waals surface area contributed by atoms with Crippen molar-refractivity contribution in [2.45, 2.75) is 153 Å². The molecule has 6 aromatic rings. The Morgan fingerprint density at radius 2 is 0.755 bits per heavy atom. The van der Waals surface area contributed by atoms with E-state index in [1.54, 1.807) is 41.5 Å². The molecule has 12 heterocycles. The maximum absolute atomic E-state index is 16.1. The van der Waals surface area contributed by atoms with Crippen molar-refractivity contribution in [3.63, 3.8) is 0 Å². The highest BCUT2D eigenvalue weighted by atomic mass is 31.2.